The van der Waals surface area contributed by atoms with Gasteiger partial charge in [-0.1, -0.05) is 36.4 Å². The minimum Gasteiger partial charge on any atom is -0.369 e. The van der Waals surface area contributed by atoms with Gasteiger partial charge in [0.2, 0.25) is 11.8 Å². The number of aromatic amines is 1. The Bertz CT molecular complexity index is 1170. The Kier molecular flexibility index (Phi) is 5.17. The van der Waals surface area contributed by atoms with Crippen molar-refractivity contribution in [3.8, 4) is 0 Å². The van der Waals surface area contributed by atoms with E-state index in [1.54, 1.807) is 21.9 Å². The van der Waals surface area contributed by atoms with Crippen molar-refractivity contribution in [3.05, 3.63) is 71.9 Å². The summed E-state index contributed by atoms with van der Waals surface area (Å²) < 4.78 is 0. The summed E-state index contributed by atoms with van der Waals surface area (Å²) in [6.45, 7) is 1.87. The van der Waals surface area contributed by atoms with Gasteiger partial charge in [-0.2, -0.15) is 0 Å². The summed E-state index contributed by atoms with van der Waals surface area (Å²) in [6, 6.07) is 17.0. The van der Waals surface area contributed by atoms with Crippen LogP contribution in [-0.4, -0.2) is 58.7 Å². The number of nitrogens with one attached hydrogen (secondary N) is 1. The van der Waals surface area contributed by atoms with Crippen LogP contribution in [0.4, 0.5) is 0 Å². The lowest BCUT2D eigenvalue weighted by Gasteiger charge is -2.38. The van der Waals surface area contributed by atoms with Crippen LogP contribution in [-0.2, 0) is 16.0 Å². The van der Waals surface area contributed by atoms with E-state index in [9.17, 15) is 14.4 Å². The third kappa shape index (κ3) is 3.64. The zero-order chi connectivity index (χ0) is 22.2. The monoisotopic (exact) mass is 430 g/mol. The second kappa shape index (κ2) is 8.15. The summed E-state index contributed by atoms with van der Waals surface area (Å²) >= 11 is 0. The van der Waals surface area contributed by atoms with Crippen molar-refractivity contribution in [2.45, 2.75) is 6.42 Å². The predicted octanol–water partition coefficient (Wildman–Crippen LogP) is 2.04. The van der Waals surface area contributed by atoms with Crippen LogP contribution in [0.3, 0.4) is 0 Å². The predicted molar refractivity (Wildman–Crippen MR) is 121 cm³/mol. The van der Waals surface area contributed by atoms with Crippen LogP contribution >= 0.6 is 0 Å². The molecule has 1 aromatic heterocycles. The van der Waals surface area contributed by atoms with Crippen molar-refractivity contribution in [1.29, 1.82) is 0 Å². The molecule has 0 spiro atoms. The molecule has 2 fully saturated rings. The Morgan fingerprint density at radius 2 is 1.62 bits per heavy atom. The van der Waals surface area contributed by atoms with Crippen LogP contribution in [0.25, 0.3) is 10.9 Å². The lowest BCUT2D eigenvalue weighted by Crippen LogP contribution is -2.52. The number of carbonyl (C=O) groups is 3. The van der Waals surface area contributed by atoms with Crippen molar-refractivity contribution < 1.29 is 14.4 Å². The number of rotatable bonds is 4. The largest absolute Gasteiger partial charge is 0.369 e. The average Bonchev–Trinajstić information content (AvgIpc) is 3.42. The highest BCUT2D eigenvalue weighted by molar-refractivity contribution is 5.94. The first-order chi connectivity index (χ1) is 15.5. The van der Waals surface area contributed by atoms with E-state index in [0.717, 1.165) is 16.5 Å². The summed E-state index contributed by atoms with van der Waals surface area (Å²) in [4.78, 5) is 45.2. The number of piperidine rings is 1. The molecule has 3 unspecified atom stereocenters. The van der Waals surface area contributed by atoms with Crippen LogP contribution in [0.5, 0.6) is 0 Å². The number of fused-ring (bicyclic) bond motifs is 2. The van der Waals surface area contributed by atoms with Crippen LogP contribution < -0.4 is 5.73 Å². The Morgan fingerprint density at radius 1 is 0.906 bits per heavy atom. The molecular formula is C25H26N4O3. The summed E-state index contributed by atoms with van der Waals surface area (Å²) in [5.74, 6) is -0.891. The van der Waals surface area contributed by atoms with Crippen molar-refractivity contribution in [1.82, 2.24) is 14.8 Å². The number of benzene rings is 2. The van der Waals surface area contributed by atoms with Gasteiger partial charge in [0.25, 0.3) is 5.91 Å². The highest BCUT2D eigenvalue weighted by Crippen LogP contribution is 2.36. The molecule has 3 atom stereocenters. The average molecular weight is 431 g/mol. The zero-order valence-corrected chi connectivity index (χ0v) is 17.7. The van der Waals surface area contributed by atoms with Crippen LogP contribution in [0, 0.1) is 17.8 Å². The molecule has 164 valence electrons. The molecule has 5 rings (SSSR count). The number of amides is 3. The van der Waals surface area contributed by atoms with E-state index in [-0.39, 0.29) is 30.1 Å². The summed E-state index contributed by atoms with van der Waals surface area (Å²) in [5.41, 5.74) is 8.31. The first-order valence-electron chi connectivity index (χ1n) is 11.0. The van der Waals surface area contributed by atoms with E-state index >= 15 is 0 Å². The number of H-pyrrole nitrogens is 1. The molecule has 3 amide bonds. The molecule has 2 saturated heterocycles. The first-order valence-corrected chi connectivity index (χ1v) is 11.0. The Hall–Kier alpha value is -3.61. The standard InChI is InChI=1S/C25H26N4O3/c26-24(31)21-15-28(23(30)10-17-11-27-22-9-5-4-8-19(17)22)12-18-13-29(14-20(18)21)25(32)16-6-2-1-3-7-16/h1-9,11,18,20-21,27H,10,12-15H2,(H2,26,31). The Labute approximate surface area is 186 Å². The fourth-order valence-corrected chi connectivity index (χ4v) is 5.26. The lowest BCUT2D eigenvalue weighted by molar-refractivity contribution is -0.137. The molecule has 0 radical (unpaired) electrons. The normalized spacial score (nSPS) is 22.7. The highest BCUT2D eigenvalue weighted by atomic mass is 16.2. The van der Waals surface area contributed by atoms with E-state index in [2.05, 4.69) is 4.98 Å². The Morgan fingerprint density at radius 3 is 2.41 bits per heavy atom. The van der Waals surface area contributed by atoms with Crippen molar-refractivity contribution in [2.75, 3.05) is 26.2 Å². The maximum absolute atomic E-state index is 13.2. The van der Waals surface area contributed by atoms with Crippen molar-refractivity contribution in [2.24, 2.45) is 23.5 Å². The van der Waals surface area contributed by atoms with Gasteiger partial charge in [-0.05, 0) is 35.6 Å². The minimum atomic E-state index is -0.450. The second-order valence-corrected chi connectivity index (χ2v) is 8.84. The maximum atomic E-state index is 13.2. The van der Waals surface area contributed by atoms with Gasteiger partial charge in [0.1, 0.15) is 0 Å². The van der Waals surface area contributed by atoms with Crippen LogP contribution in [0.2, 0.25) is 0 Å². The number of carbonyl (C=O) groups excluding carboxylic acids is 3. The van der Waals surface area contributed by atoms with Gasteiger partial charge < -0.3 is 20.5 Å². The van der Waals surface area contributed by atoms with E-state index in [1.807, 2.05) is 48.7 Å². The fourth-order valence-electron chi connectivity index (χ4n) is 5.26. The highest BCUT2D eigenvalue weighted by Gasteiger charge is 2.47. The van der Waals surface area contributed by atoms with Gasteiger partial charge in [-0.25, -0.2) is 0 Å². The number of hydrogen-bond acceptors (Lipinski definition) is 3. The van der Waals surface area contributed by atoms with Crippen molar-refractivity contribution >= 4 is 28.6 Å². The zero-order valence-electron chi connectivity index (χ0n) is 17.7. The molecule has 2 aliphatic heterocycles. The molecule has 7 nitrogen and oxygen atoms in total. The van der Waals surface area contributed by atoms with Crippen molar-refractivity contribution in [3.63, 3.8) is 0 Å². The number of primary amides is 1. The molecule has 32 heavy (non-hydrogen) atoms. The summed E-state index contributed by atoms with van der Waals surface area (Å²) in [7, 11) is 0. The first kappa shape index (κ1) is 20.3. The molecular weight excluding hydrogens is 404 g/mol. The third-order valence-corrected chi connectivity index (χ3v) is 6.92. The van der Waals surface area contributed by atoms with Crippen LogP contribution in [0.15, 0.2) is 60.8 Å². The summed E-state index contributed by atoms with van der Waals surface area (Å²) in [5, 5.41) is 1.03. The van der Waals surface area contributed by atoms with Gasteiger partial charge in [-0.15, -0.1) is 0 Å². The van der Waals surface area contributed by atoms with E-state index in [0.29, 0.717) is 31.7 Å². The van der Waals surface area contributed by atoms with Gasteiger partial charge >= 0.3 is 0 Å². The maximum Gasteiger partial charge on any atom is 0.253 e. The molecule has 0 bridgehead atoms. The van der Waals surface area contributed by atoms with E-state index in [1.165, 1.54) is 0 Å². The molecule has 0 aliphatic carbocycles. The Balaban J connectivity index is 1.33. The second-order valence-electron chi connectivity index (χ2n) is 8.84. The van der Waals surface area contributed by atoms with Gasteiger partial charge in [0.15, 0.2) is 0 Å². The fraction of sp³-hybridized carbons (Fsp3) is 0.320. The number of hydrogen-bond donors (Lipinski definition) is 2. The number of likely N-dealkylation sites (tertiary alicyclic amines) is 2. The molecule has 3 N–H and O–H groups in total. The number of para-hydroxylation sites is 1. The number of aromatic nitrogens is 1. The van der Waals surface area contributed by atoms with Gasteiger partial charge in [0.05, 0.1) is 12.3 Å². The van der Waals surface area contributed by atoms with E-state index in [4.69, 9.17) is 5.73 Å². The minimum absolute atomic E-state index is 0.0164. The van der Waals surface area contributed by atoms with Gasteiger partial charge in [-0.3, -0.25) is 14.4 Å². The summed E-state index contributed by atoms with van der Waals surface area (Å²) in [6.07, 6.45) is 2.14. The molecule has 7 heteroatoms. The lowest BCUT2D eigenvalue weighted by atomic mass is 9.79. The van der Waals surface area contributed by atoms with Crippen LogP contribution in [0.1, 0.15) is 15.9 Å². The molecule has 2 aliphatic rings. The smallest absolute Gasteiger partial charge is 0.253 e. The molecule has 3 heterocycles. The topological polar surface area (TPSA) is 99.5 Å². The SMILES string of the molecule is NC(=O)C1CN(C(=O)Cc2c[nH]c3ccccc23)CC2CN(C(=O)c3ccccc3)CC21. The third-order valence-electron chi connectivity index (χ3n) is 6.92. The quantitative estimate of drug-likeness (QED) is 0.663. The van der Waals surface area contributed by atoms with E-state index < -0.39 is 11.8 Å². The van der Waals surface area contributed by atoms with Gasteiger partial charge in [0, 0.05) is 48.8 Å². The number of nitrogens with zero attached hydrogens (tertiary/aromatic N) is 2. The molecule has 3 aromatic rings. The number of nitrogens with two attached hydrogens (primary N) is 1. The molecule has 2 aromatic carbocycles. The molecule has 0 saturated carbocycles.